The maximum atomic E-state index is 16.4. The van der Waals surface area contributed by atoms with Gasteiger partial charge in [-0.25, -0.2) is 9.18 Å². The van der Waals surface area contributed by atoms with Gasteiger partial charge in [-0.2, -0.15) is 0 Å². The predicted octanol–water partition coefficient (Wildman–Crippen LogP) is 2.23. The number of benzene rings is 6. The molecule has 22 atom stereocenters. The number of ether oxygens (including phenoxy) is 8. The smallest absolute Gasteiger partial charge is 0.330 e. The van der Waals surface area contributed by atoms with Crippen LogP contribution in [-0.2, 0) is 68.6 Å². The van der Waals surface area contributed by atoms with Crippen LogP contribution in [-0.4, -0.2) is 227 Å². The lowest BCUT2D eigenvalue weighted by molar-refractivity contribution is -0.335. The van der Waals surface area contributed by atoms with Crippen molar-refractivity contribution in [3.8, 4) is 67.6 Å². The summed E-state index contributed by atoms with van der Waals surface area (Å²) in [5.41, 5.74) is 8.87. The summed E-state index contributed by atoms with van der Waals surface area (Å²) in [4.78, 5) is 122. The molecule has 3 saturated heterocycles. The number of phenolic OH excluding ortho intramolecular Hbond substituents is 3. The van der Waals surface area contributed by atoms with Crippen LogP contribution >= 0.6 is 34.5 Å². The van der Waals surface area contributed by atoms with Crippen LogP contribution in [0.3, 0.4) is 0 Å². The van der Waals surface area contributed by atoms with Gasteiger partial charge in [-0.1, -0.05) is 67.4 Å². The minimum Gasteiger partial charge on any atom is -0.508 e. The number of phenols is 3. The number of likely N-dealkylation sites (N-methyl/N-ethyl adjacent to an activating group) is 1. The third kappa shape index (κ3) is 19.8. The van der Waals surface area contributed by atoms with E-state index in [9.17, 15) is 74.9 Å². The van der Waals surface area contributed by atoms with Crippen molar-refractivity contribution in [3.05, 3.63) is 164 Å². The molecule has 3 fully saturated rings. The molecular weight excluding hydrogens is 1680 g/mol. The topological polar surface area (TPSA) is 581 Å². The first-order chi connectivity index (χ1) is 58.3. The van der Waals surface area contributed by atoms with Crippen molar-refractivity contribution >= 4 is 81.9 Å². The fourth-order valence-corrected chi connectivity index (χ4v) is 16.7. The lowest BCUT2D eigenvalue weighted by Gasteiger charge is -2.44. The Morgan fingerprint density at radius 2 is 1.33 bits per heavy atom. The number of hydrogen-bond acceptors (Lipinski definition) is 30. The van der Waals surface area contributed by atoms with Gasteiger partial charge in [-0.15, -0.1) is 11.3 Å². The van der Waals surface area contributed by atoms with Gasteiger partial charge >= 0.3 is 5.97 Å². The highest BCUT2D eigenvalue weighted by Gasteiger charge is 2.51. The van der Waals surface area contributed by atoms with Gasteiger partial charge in [0.2, 0.25) is 53.4 Å². The molecule has 23 N–H and O–H groups in total. The van der Waals surface area contributed by atoms with Crippen molar-refractivity contribution in [1.29, 1.82) is 0 Å². The molecule has 6 aromatic carbocycles. The van der Waals surface area contributed by atoms with Gasteiger partial charge < -0.3 is 148 Å². The molecule has 7 amide bonds. The van der Waals surface area contributed by atoms with Crippen molar-refractivity contribution in [2.24, 2.45) is 17.4 Å². The number of primary amides is 1. The second kappa shape index (κ2) is 37.5. The SMILES string of the molecule is CN[C@H](CC(C)C)C(=O)NC1C(=O)N[C@@H](CC(N)=O)C(=O)N[C@H]2C(=O)N[C@H]3C(=O)N[C@H](C(=O)N[C@@H](C(=O)O)c4cc(O)cc(O)c4-c4cc3ccc4O)[C@H](O[C@H]3C[C@](C)(N)[C@@H](O)[C@H](C)O3)c3ccc(c(Cl)c3)Oc3cc2cc(c3O[C@@H]2OC[C@@H](O[C@@H]3OC(CNCc4ccc(-c5ccc(F)cc5)s4)[C@H](O)[C@H](O)[C@H]3O)[C@H](O)[C@H]2O)Oc2ccc(cc2Cl)[C@H]1O. The molecule has 658 valence electrons. The summed E-state index contributed by atoms with van der Waals surface area (Å²) in [6.45, 7) is 5.87. The highest BCUT2D eigenvalue weighted by Crippen LogP contribution is 2.50. The molecule has 0 saturated carbocycles. The number of aliphatic hydroxyl groups is 7. The summed E-state index contributed by atoms with van der Waals surface area (Å²) < 4.78 is 64.7. The number of carboxylic acid groups (broad SMARTS) is 1. The zero-order valence-corrected chi connectivity index (χ0v) is 68.4. The van der Waals surface area contributed by atoms with E-state index in [1.807, 2.05) is 26.0 Å². The van der Waals surface area contributed by atoms with Gasteiger partial charge in [-0.05, 0) is 140 Å². The fraction of sp³-hybridized carbons (Fsp3) is 0.415. The predicted molar refractivity (Wildman–Crippen MR) is 430 cm³/mol. The van der Waals surface area contributed by atoms with Crippen LogP contribution in [0.4, 0.5) is 4.39 Å². The number of aliphatic carboxylic acids is 1. The number of thiophene rings is 1. The van der Waals surface area contributed by atoms with E-state index in [0.717, 1.165) is 69.9 Å². The lowest BCUT2D eigenvalue weighted by Crippen LogP contribution is -2.63. The van der Waals surface area contributed by atoms with Crippen LogP contribution in [0.5, 0.6) is 46.0 Å². The van der Waals surface area contributed by atoms with Crippen molar-refractivity contribution in [2.45, 2.75) is 187 Å². The molecular formula is C82H91Cl2FN10O27S. The molecule has 0 spiro atoms. The Bertz CT molecular complexity index is 5170. The number of halogens is 3. The molecule has 2 unspecified atom stereocenters. The number of fused-ring (bicyclic) bond motifs is 15. The molecule has 0 radical (unpaired) electrons. The van der Waals surface area contributed by atoms with E-state index in [1.165, 1.54) is 68.6 Å². The summed E-state index contributed by atoms with van der Waals surface area (Å²) in [7, 11) is 1.47. The van der Waals surface area contributed by atoms with Crippen LogP contribution in [0.15, 0.2) is 115 Å². The number of aliphatic hydroxyl groups excluding tert-OH is 7. The van der Waals surface area contributed by atoms with Crippen LogP contribution < -0.4 is 68.2 Å². The maximum Gasteiger partial charge on any atom is 0.330 e. The monoisotopic (exact) mass is 1770 g/mol. The summed E-state index contributed by atoms with van der Waals surface area (Å²) in [6.07, 6.45) is -26.1. The summed E-state index contributed by atoms with van der Waals surface area (Å²) in [6, 6.07) is 8.92. The van der Waals surface area contributed by atoms with Crippen molar-refractivity contribution in [3.63, 3.8) is 0 Å². The number of carbonyl (C=O) groups is 8. The van der Waals surface area contributed by atoms with E-state index in [4.69, 9.17) is 72.6 Å². The van der Waals surface area contributed by atoms with Crippen molar-refractivity contribution in [1.82, 2.24) is 42.5 Å². The van der Waals surface area contributed by atoms with Crippen LogP contribution in [0.1, 0.15) is 110 Å². The van der Waals surface area contributed by atoms with Gasteiger partial charge in [-0.3, -0.25) is 33.6 Å². The molecule has 8 aliphatic rings. The quantitative estimate of drug-likeness (QED) is 0.0552. The normalized spacial score (nSPS) is 29.5. The molecule has 1 aromatic heterocycles. The van der Waals surface area contributed by atoms with Gasteiger partial charge in [0.15, 0.2) is 30.1 Å². The van der Waals surface area contributed by atoms with Gasteiger partial charge in [0, 0.05) is 57.6 Å². The number of nitrogens with one attached hydrogen (secondary N) is 8. The van der Waals surface area contributed by atoms with Crippen molar-refractivity contribution < 1.29 is 137 Å². The second-order valence-electron chi connectivity index (χ2n) is 31.3. The number of amides is 7. The Balaban J connectivity index is 0.954. The fourth-order valence-electron chi connectivity index (χ4n) is 15.3. The molecule has 0 aliphatic carbocycles. The Morgan fingerprint density at radius 1 is 0.683 bits per heavy atom. The van der Waals surface area contributed by atoms with E-state index in [2.05, 4.69) is 42.5 Å². The van der Waals surface area contributed by atoms with Crippen LogP contribution in [0, 0.1) is 11.7 Å². The minimum absolute atomic E-state index is 0.121. The maximum absolute atomic E-state index is 16.4. The first kappa shape index (κ1) is 90.2. The van der Waals surface area contributed by atoms with E-state index in [1.54, 1.807) is 12.1 Å². The molecule has 8 aliphatic heterocycles. The number of nitrogens with two attached hydrogens (primary N) is 2. The molecule has 37 nitrogen and oxygen atoms in total. The number of aromatic hydroxyl groups is 3. The van der Waals surface area contributed by atoms with E-state index in [-0.39, 0.29) is 59.3 Å². The Kier molecular flexibility index (Phi) is 27.5. The van der Waals surface area contributed by atoms with Crippen LogP contribution in [0.2, 0.25) is 10.0 Å². The Hall–Kier alpha value is -10.5. The number of carbonyl (C=O) groups excluding carboxylic acids is 7. The zero-order chi connectivity index (χ0) is 88.6. The summed E-state index contributed by atoms with van der Waals surface area (Å²) >= 11 is 15.9. The first-order valence-corrected chi connectivity index (χ1v) is 40.4. The van der Waals surface area contributed by atoms with E-state index in [0.29, 0.717) is 0 Å². The number of rotatable bonds is 19. The summed E-state index contributed by atoms with van der Waals surface area (Å²) in [5.74, 6) is -16.7. The molecule has 123 heavy (non-hydrogen) atoms. The van der Waals surface area contributed by atoms with E-state index >= 15 is 24.0 Å². The largest absolute Gasteiger partial charge is 0.508 e. The Labute approximate surface area is 713 Å². The number of hydrogen-bond donors (Lipinski definition) is 21. The van der Waals surface area contributed by atoms with Crippen molar-refractivity contribution in [2.75, 3.05) is 20.2 Å². The highest BCUT2D eigenvalue weighted by molar-refractivity contribution is 7.15. The molecule has 15 rings (SSSR count). The van der Waals surface area contributed by atoms with Gasteiger partial charge in [0.05, 0.1) is 41.3 Å². The lowest BCUT2D eigenvalue weighted by atomic mass is 9.86. The van der Waals surface area contributed by atoms with Crippen LogP contribution in [0.25, 0.3) is 21.6 Å². The Morgan fingerprint density at radius 3 is 1.98 bits per heavy atom. The molecule has 7 aromatic rings. The third-order valence-electron chi connectivity index (χ3n) is 21.8. The zero-order valence-electron chi connectivity index (χ0n) is 66.1. The average molecular weight is 1770 g/mol. The minimum atomic E-state index is -2.39. The molecule has 9 heterocycles. The van der Waals surface area contributed by atoms with Gasteiger partial charge in [0.25, 0.3) is 0 Å². The van der Waals surface area contributed by atoms with Gasteiger partial charge in [0.1, 0.15) is 120 Å². The second-order valence-corrected chi connectivity index (χ2v) is 33.3. The summed E-state index contributed by atoms with van der Waals surface area (Å²) in [5, 5.41) is 147. The van der Waals surface area contributed by atoms with E-state index < -0.39 is 268 Å². The third-order valence-corrected chi connectivity index (χ3v) is 23.5. The highest BCUT2D eigenvalue weighted by atomic mass is 35.5. The number of carboxylic acids is 1. The molecule has 11 bridgehead atoms. The standard InChI is InChI=1S/C82H91Cl2FN10O27S/c1-31(2)18-45(88-5)73(107)94-62-64(100)35-9-15-49(43(83)20-35)117-51-22-37-23-52(71(51)122-80-68(104)66(102)54(30-115-80)120-81-69(105)67(103)65(101)53(119-81)29-89-28-40-13-17-55(123-40)33-6-11-38(85)12-7-33)118-50-16-10-36(21-44(50)84)70(121-57-27-82(4,87)72(106)32(3)116-57)63-78(112)93-61(79(113)114)42-24-39(96)25-48(98)58(42)41-19-34(8-14-47(41)97)59(75(109)95-63)92-76(110)60(37)91-74(108)46(26-56(86)99)90-77(62)111/h6-17,19-25,31-32,45-46,53-54,57,59-70,72,80-81,88-89,96-98,100-106H,18,26-30,87H2,1-5H3,(H2,86,99)(H,90,111)(H,91,108)(H,92,110)(H,93,112)(H,94,107)(H,95,109)(H,113,114)/t32-,45+,46-,53?,54+,57-,59+,60+,61+,62?,63-,64+,65-,66-,67-,68+,69+,70+,72-,80-,81-,82-/m0/s1. The molecule has 41 heteroatoms. The average Bonchev–Trinajstić information content (AvgIpc) is 1.17. The first-order valence-electron chi connectivity index (χ1n) is 38.9.